The van der Waals surface area contributed by atoms with Gasteiger partial charge in [0.1, 0.15) is 4.90 Å². The third-order valence-corrected chi connectivity index (χ3v) is 5.46. The topological polar surface area (TPSA) is 79.0 Å². The second-order valence-electron chi connectivity index (χ2n) is 5.11. The first-order chi connectivity index (χ1) is 9.54. The van der Waals surface area contributed by atoms with Crippen LogP contribution in [0.3, 0.4) is 0 Å². The van der Waals surface area contributed by atoms with Gasteiger partial charge in [-0.1, -0.05) is 0 Å². The zero-order valence-corrected chi connectivity index (χ0v) is 12.7. The molecule has 108 valence electrons. The van der Waals surface area contributed by atoms with Gasteiger partial charge in [0.25, 0.3) is 0 Å². The Bertz CT molecular complexity index is 678. The largest absolute Gasteiger partial charge is 0.298 e. The van der Waals surface area contributed by atoms with E-state index in [0.29, 0.717) is 4.90 Å². The minimum absolute atomic E-state index is 0.204. The van der Waals surface area contributed by atoms with E-state index < -0.39 is 9.84 Å². The first-order valence-electron chi connectivity index (χ1n) is 6.37. The van der Waals surface area contributed by atoms with Crippen LogP contribution in [0.5, 0.6) is 0 Å². The Labute approximate surface area is 121 Å². The van der Waals surface area contributed by atoms with Gasteiger partial charge in [0, 0.05) is 36.3 Å². The molecule has 6 nitrogen and oxygen atoms in total. The molecule has 0 aromatic carbocycles. The number of nitrogens with one attached hydrogen (secondary N) is 1. The van der Waals surface area contributed by atoms with Gasteiger partial charge >= 0.3 is 0 Å². The summed E-state index contributed by atoms with van der Waals surface area (Å²) in [7, 11) is -3.22. The minimum atomic E-state index is -3.22. The Morgan fingerprint density at radius 1 is 1.50 bits per heavy atom. The molecule has 1 aliphatic rings. The number of aromatic amines is 1. The fourth-order valence-electron chi connectivity index (χ4n) is 2.63. The summed E-state index contributed by atoms with van der Waals surface area (Å²) in [4.78, 5) is 7.97. The highest BCUT2D eigenvalue weighted by Gasteiger charge is 2.29. The molecule has 1 N–H and O–H groups in total. The summed E-state index contributed by atoms with van der Waals surface area (Å²) >= 11 is 1.65. The smallest absolute Gasteiger partial charge is 0.178 e. The predicted molar refractivity (Wildman–Crippen MR) is 76.4 cm³/mol. The zero-order chi connectivity index (χ0) is 14.2. The van der Waals surface area contributed by atoms with E-state index in [4.69, 9.17) is 0 Å². The molecule has 0 bridgehead atoms. The fraction of sp³-hybridized carbons (Fsp3) is 0.500. The molecule has 1 atom stereocenters. The highest BCUT2D eigenvalue weighted by Crippen LogP contribution is 2.31. The molecule has 0 amide bonds. The van der Waals surface area contributed by atoms with Gasteiger partial charge in [-0.25, -0.2) is 8.42 Å². The molecule has 3 heterocycles. The second kappa shape index (κ2) is 5.27. The lowest BCUT2D eigenvalue weighted by molar-refractivity contribution is 0.328. The van der Waals surface area contributed by atoms with Crippen LogP contribution < -0.4 is 0 Å². The summed E-state index contributed by atoms with van der Waals surface area (Å²) in [5.41, 5.74) is 2.58. The zero-order valence-electron chi connectivity index (χ0n) is 11.1. The molecule has 0 saturated carbocycles. The molecule has 0 aliphatic carbocycles. The highest BCUT2D eigenvalue weighted by atomic mass is 32.2. The van der Waals surface area contributed by atoms with Crippen molar-refractivity contribution in [2.75, 3.05) is 19.3 Å². The maximum absolute atomic E-state index is 11.7. The summed E-state index contributed by atoms with van der Waals surface area (Å²) in [5, 5.41) is 6.77. The van der Waals surface area contributed by atoms with Crippen LogP contribution in [0, 0.1) is 0 Å². The number of sulfone groups is 1. The molecular formula is C12H16N4O2S2. The molecule has 1 fully saturated rings. The molecule has 20 heavy (non-hydrogen) atoms. The van der Waals surface area contributed by atoms with Crippen LogP contribution in [-0.2, 0) is 16.4 Å². The number of hydrogen-bond acceptors (Lipinski definition) is 6. The third kappa shape index (κ3) is 2.77. The van der Waals surface area contributed by atoms with Crippen molar-refractivity contribution in [1.29, 1.82) is 0 Å². The van der Waals surface area contributed by atoms with Gasteiger partial charge in [-0.05, 0) is 13.0 Å². The predicted octanol–water partition coefficient (Wildman–Crippen LogP) is 1.26. The number of rotatable bonds is 4. The van der Waals surface area contributed by atoms with Crippen molar-refractivity contribution in [2.24, 2.45) is 0 Å². The van der Waals surface area contributed by atoms with Gasteiger partial charge < -0.3 is 0 Å². The van der Waals surface area contributed by atoms with Crippen LogP contribution in [0.15, 0.2) is 22.8 Å². The van der Waals surface area contributed by atoms with Gasteiger partial charge in [0.15, 0.2) is 9.84 Å². The van der Waals surface area contributed by atoms with E-state index in [9.17, 15) is 8.42 Å². The number of nitrogens with zero attached hydrogens (tertiary/aromatic N) is 3. The quantitative estimate of drug-likeness (QED) is 0.919. The monoisotopic (exact) mass is 312 g/mol. The summed E-state index contributed by atoms with van der Waals surface area (Å²) in [6, 6.07) is 0. The van der Waals surface area contributed by atoms with Crippen LogP contribution in [0.4, 0.5) is 0 Å². The van der Waals surface area contributed by atoms with E-state index in [2.05, 4.69) is 20.1 Å². The summed E-state index contributed by atoms with van der Waals surface area (Å²) in [6.45, 7) is 2.69. The Morgan fingerprint density at radius 2 is 2.35 bits per heavy atom. The fourth-order valence-corrected chi connectivity index (χ4v) is 4.12. The molecule has 2 aromatic rings. The van der Waals surface area contributed by atoms with Crippen LogP contribution in [0.2, 0.25) is 0 Å². The number of aromatic nitrogens is 3. The standard InChI is InChI=1S/C12H16N4O2S2/c1-20(17,18)11-5-14-15-12(11)9-2-3-16(6-9)7-10-4-13-8-19-10/h4-5,8-9H,2-3,6-7H2,1H3,(H,14,15)/t9-/m0/s1. The Hall–Kier alpha value is -1.25. The van der Waals surface area contributed by atoms with E-state index in [-0.39, 0.29) is 5.92 Å². The first kappa shape index (κ1) is 13.7. The number of thiazole rings is 1. The van der Waals surface area contributed by atoms with Crippen LogP contribution >= 0.6 is 11.3 Å². The van der Waals surface area contributed by atoms with Crippen LogP contribution in [-0.4, -0.2) is 47.8 Å². The van der Waals surface area contributed by atoms with E-state index >= 15 is 0 Å². The third-order valence-electron chi connectivity index (χ3n) is 3.58. The number of hydrogen-bond donors (Lipinski definition) is 1. The summed E-state index contributed by atoms with van der Waals surface area (Å²) < 4.78 is 23.5. The van der Waals surface area contributed by atoms with Crippen molar-refractivity contribution in [3.8, 4) is 0 Å². The van der Waals surface area contributed by atoms with Crippen molar-refractivity contribution >= 4 is 21.2 Å². The molecular weight excluding hydrogens is 296 g/mol. The number of H-pyrrole nitrogens is 1. The van der Waals surface area contributed by atoms with Crippen molar-refractivity contribution in [3.63, 3.8) is 0 Å². The normalized spacial score (nSPS) is 20.6. The number of likely N-dealkylation sites (tertiary alicyclic amines) is 1. The Morgan fingerprint density at radius 3 is 3.05 bits per heavy atom. The van der Waals surface area contributed by atoms with E-state index in [0.717, 1.165) is 31.7 Å². The molecule has 1 aliphatic heterocycles. The van der Waals surface area contributed by atoms with Gasteiger partial charge in [-0.15, -0.1) is 11.3 Å². The summed E-state index contributed by atoms with van der Waals surface area (Å²) in [6.07, 6.45) is 5.47. The molecule has 0 radical (unpaired) electrons. The minimum Gasteiger partial charge on any atom is -0.298 e. The lowest BCUT2D eigenvalue weighted by Crippen LogP contribution is -2.19. The van der Waals surface area contributed by atoms with Gasteiger partial charge in [-0.3, -0.25) is 15.0 Å². The highest BCUT2D eigenvalue weighted by molar-refractivity contribution is 7.90. The van der Waals surface area contributed by atoms with Crippen LogP contribution in [0.1, 0.15) is 22.9 Å². The SMILES string of the molecule is CS(=O)(=O)c1cn[nH]c1[C@H]1CCN(Cc2cncs2)C1. The second-order valence-corrected chi connectivity index (χ2v) is 8.06. The van der Waals surface area contributed by atoms with E-state index in [1.165, 1.54) is 17.3 Å². The molecule has 2 aromatic heterocycles. The van der Waals surface area contributed by atoms with E-state index in [1.807, 2.05) is 11.7 Å². The van der Waals surface area contributed by atoms with Gasteiger partial charge in [-0.2, -0.15) is 5.10 Å². The van der Waals surface area contributed by atoms with Gasteiger partial charge in [0.2, 0.25) is 0 Å². The summed E-state index contributed by atoms with van der Waals surface area (Å²) in [5.74, 6) is 0.204. The molecule has 0 spiro atoms. The van der Waals surface area contributed by atoms with Crippen molar-refractivity contribution < 1.29 is 8.42 Å². The van der Waals surface area contributed by atoms with Gasteiger partial charge in [0.05, 0.1) is 17.4 Å². The van der Waals surface area contributed by atoms with Crippen molar-refractivity contribution in [1.82, 2.24) is 20.1 Å². The first-order valence-corrected chi connectivity index (χ1v) is 9.14. The van der Waals surface area contributed by atoms with Crippen molar-refractivity contribution in [3.05, 3.63) is 28.5 Å². The maximum atomic E-state index is 11.7. The van der Waals surface area contributed by atoms with Crippen LogP contribution in [0.25, 0.3) is 0 Å². The lowest BCUT2D eigenvalue weighted by Gasteiger charge is -2.14. The maximum Gasteiger partial charge on any atom is 0.178 e. The molecule has 0 unspecified atom stereocenters. The van der Waals surface area contributed by atoms with E-state index in [1.54, 1.807) is 11.3 Å². The average molecular weight is 312 g/mol. The molecule has 8 heteroatoms. The Balaban J connectivity index is 1.73. The molecule has 3 rings (SSSR count). The Kier molecular flexibility index (Phi) is 3.61. The lowest BCUT2D eigenvalue weighted by atomic mass is 10.1. The molecule has 1 saturated heterocycles. The average Bonchev–Trinajstić information content (AvgIpc) is 3.08. The van der Waals surface area contributed by atoms with Crippen molar-refractivity contribution in [2.45, 2.75) is 23.8 Å².